The number of benzene rings is 1. The minimum atomic E-state index is 0.535. The molecule has 1 aliphatic heterocycles. The van der Waals surface area contributed by atoms with Gasteiger partial charge < -0.3 is 5.32 Å². The van der Waals surface area contributed by atoms with Crippen LogP contribution >= 0.6 is 15.9 Å². The molecule has 1 atom stereocenters. The van der Waals surface area contributed by atoms with Crippen molar-refractivity contribution in [2.24, 2.45) is 0 Å². The summed E-state index contributed by atoms with van der Waals surface area (Å²) in [5, 5.41) is 3.29. The SMILES string of the molecule is CC1Nc2ccc(Br)cc21. The molecule has 1 nitrogen and oxygen atoms in total. The summed E-state index contributed by atoms with van der Waals surface area (Å²) in [5.41, 5.74) is 2.69. The molecule has 1 unspecified atom stereocenters. The van der Waals surface area contributed by atoms with Gasteiger partial charge in [-0.3, -0.25) is 0 Å². The Morgan fingerprint density at radius 1 is 1.50 bits per heavy atom. The molecule has 0 saturated carbocycles. The lowest BCUT2D eigenvalue weighted by molar-refractivity contribution is 0.818. The lowest BCUT2D eigenvalue weighted by Gasteiger charge is -2.29. The van der Waals surface area contributed by atoms with Crippen molar-refractivity contribution in [3.05, 3.63) is 28.2 Å². The van der Waals surface area contributed by atoms with Crippen molar-refractivity contribution >= 4 is 21.6 Å². The van der Waals surface area contributed by atoms with Crippen molar-refractivity contribution < 1.29 is 0 Å². The number of anilines is 1. The summed E-state index contributed by atoms with van der Waals surface area (Å²) in [5.74, 6) is 0. The standard InChI is InChI=1S/C8H8BrN/c1-5-7-4-6(9)2-3-8(7)10-5/h2-5,10H,1H3. The van der Waals surface area contributed by atoms with Crippen LogP contribution in [-0.2, 0) is 0 Å². The Kier molecular flexibility index (Phi) is 1.24. The minimum absolute atomic E-state index is 0.535. The molecule has 0 bridgehead atoms. The summed E-state index contributed by atoms with van der Waals surface area (Å²) in [6.07, 6.45) is 0. The van der Waals surface area contributed by atoms with Crippen LogP contribution in [0.3, 0.4) is 0 Å². The second kappa shape index (κ2) is 1.99. The van der Waals surface area contributed by atoms with Gasteiger partial charge in [-0.05, 0) is 30.7 Å². The number of hydrogen-bond acceptors (Lipinski definition) is 1. The number of nitrogens with one attached hydrogen (secondary N) is 1. The quantitative estimate of drug-likeness (QED) is 0.675. The Morgan fingerprint density at radius 3 is 2.90 bits per heavy atom. The minimum Gasteiger partial charge on any atom is -0.378 e. The van der Waals surface area contributed by atoms with Crippen molar-refractivity contribution in [1.82, 2.24) is 0 Å². The first-order valence-corrected chi connectivity index (χ1v) is 4.12. The van der Waals surface area contributed by atoms with Gasteiger partial charge in [-0.2, -0.15) is 0 Å². The molecule has 1 aliphatic rings. The van der Waals surface area contributed by atoms with Gasteiger partial charge in [-0.25, -0.2) is 0 Å². The first-order valence-electron chi connectivity index (χ1n) is 3.33. The van der Waals surface area contributed by atoms with Crippen molar-refractivity contribution in [1.29, 1.82) is 0 Å². The molecule has 2 heteroatoms. The zero-order valence-corrected chi connectivity index (χ0v) is 7.27. The molecular formula is C8H8BrN. The van der Waals surface area contributed by atoms with Crippen LogP contribution in [0.4, 0.5) is 5.69 Å². The molecule has 0 radical (unpaired) electrons. The second-order valence-electron chi connectivity index (χ2n) is 2.60. The molecule has 0 amide bonds. The van der Waals surface area contributed by atoms with E-state index in [4.69, 9.17) is 0 Å². The van der Waals surface area contributed by atoms with Gasteiger partial charge in [0, 0.05) is 10.2 Å². The third-order valence-corrected chi connectivity index (χ3v) is 2.35. The van der Waals surface area contributed by atoms with Crippen LogP contribution < -0.4 is 5.32 Å². The number of fused-ring (bicyclic) bond motifs is 1. The van der Waals surface area contributed by atoms with Crippen LogP contribution in [0.1, 0.15) is 18.5 Å². The van der Waals surface area contributed by atoms with Gasteiger partial charge in [0.25, 0.3) is 0 Å². The Morgan fingerprint density at radius 2 is 2.30 bits per heavy atom. The van der Waals surface area contributed by atoms with Gasteiger partial charge >= 0.3 is 0 Å². The Labute approximate surface area is 68.6 Å². The third kappa shape index (κ3) is 0.754. The fourth-order valence-electron chi connectivity index (χ4n) is 1.26. The third-order valence-electron chi connectivity index (χ3n) is 1.85. The number of hydrogen-bond donors (Lipinski definition) is 1. The Bertz CT molecular complexity index is 270. The van der Waals surface area contributed by atoms with E-state index >= 15 is 0 Å². The maximum atomic E-state index is 3.43. The van der Waals surface area contributed by atoms with E-state index in [0.717, 1.165) is 0 Å². The van der Waals surface area contributed by atoms with Gasteiger partial charge in [-0.15, -0.1) is 0 Å². The first-order chi connectivity index (χ1) is 4.77. The molecule has 1 aromatic rings. The average molecular weight is 198 g/mol. The van der Waals surface area contributed by atoms with E-state index in [9.17, 15) is 0 Å². The van der Waals surface area contributed by atoms with Crippen LogP contribution in [0.5, 0.6) is 0 Å². The summed E-state index contributed by atoms with van der Waals surface area (Å²) in [4.78, 5) is 0. The maximum absolute atomic E-state index is 3.43. The molecule has 52 valence electrons. The highest BCUT2D eigenvalue weighted by Crippen LogP contribution is 2.36. The smallest absolute Gasteiger partial charge is 0.0506 e. The summed E-state index contributed by atoms with van der Waals surface area (Å²) >= 11 is 3.43. The van der Waals surface area contributed by atoms with Crippen LogP contribution in [0.2, 0.25) is 0 Å². The summed E-state index contributed by atoms with van der Waals surface area (Å²) in [7, 11) is 0. The molecule has 2 rings (SSSR count). The fraction of sp³-hybridized carbons (Fsp3) is 0.250. The van der Waals surface area contributed by atoms with Crippen LogP contribution in [0.15, 0.2) is 22.7 Å². The predicted molar refractivity (Wildman–Crippen MR) is 46.2 cm³/mol. The Hall–Kier alpha value is -0.500. The largest absolute Gasteiger partial charge is 0.378 e. The van der Waals surface area contributed by atoms with E-state index in [-0.39, 0.29) is 0 Å². The fourth-order valence-corrected chi connectivity index (χ4v) is 1.64. The average Bonchev–Trinajstić information content (AvgIpc) is 1.92. The van der Waals surface area contributed by atoms with Crippen molar-refractivity contribution in [3.8, 4) is 0 Å². The van der Waals surface area contributed by atoms with Gasteiger partial charge in [0.1, 0.15) is 0 Å². The van der Waals surface area contributed by atoms with Gasteiger partial charge in [-0.1, -0.05) is 15.9 Å². The van der Waals surface area contributed by atoms with E-state index in [1.165, 1.54) is 15.7 Å². The highest BCUT2D eigenvalue weighted by molar-refractivity contribution is 9.10. The highest BCUT2D eigenvalue weighted by Gasteiger charge is 2.19. The zero-order chi connectivity index (χ0) is 7.14. The summed E-state index contributed by atoms with van der Waals surface area (Å²) in [6, 6.07) is 6.85. The first kappa shape index (κ1) is 6.23. The molecular weight excluding hydrogens is 190 g/mol. The van der Waals surface area contributed by atoms with Crippen molar-refractivity contribution in [2.45, 2.75) is 13.0 Å². The van der Waals surface area contributed by atoms with Crippen molar-refractivity contribution in [3.63, 3.8) is 0 Å². The topological polar surface area (TPSA) is 12.0 Å². The molecule has 0 spiro atoms. The lowest BCUT2D eigenvalue weighted by Crippen LogP contribution is -2.18. The van der Waals surface area contributed by atoms with E-state index in [0.29, 0.717) is 6.04 Å². The van der Waals surface area contributed by atoms with E-state index < -0.39 is 0 Å². The normalized spacial score (nSPS) is 20.8. The second-order valence-corrected chi connectivity index (χ2v) is 3.51. The monoisotopic (exact) mass is 197 g/mol. The molecule has 0 fully saturated rings. The van der Waals surface area contributed by atoms with E-state index in [2.05, 4.69) is 46.4 Å². The van der Waals surface area contributed by atoms with Gasteiger partial charge in [0.2, 0.25) is 0 Å². The lowest BCUT2D eigenvalue weighted by atomic mass is 9.99. The summed E-state index contributed by atoms with van der Waals surface area (Å²) in [6.45, 7) is 2.16. The molecule has 10 heavy (non-hydrogen) atoms. The molecule has 0 saturated heterocycles. The van der Waals surface area contributed by atoms with Crippen LogP contribution in [0, 0.1) is 0 Å². The number of rotatable bonds is 0. The van der Waals surface area contributed by atoms with Crippen LogP contribution in [0.25, 0.3) is 0 Å². The van der Waals surface area contributed by atoms with Gasteiger partial charge in [0.05, 0.1) is 6.04 Å². The highest BCUT2D eigenvalue weighted by atomic mass is 79.9. The molecule has 1 heterocycles. The Balaban J connectivity index is 2.51. The number of halogens is 1. The predicted octanol–water partition coefficient (Wildman–Crippen LogP) is 2.94. The molecule has 1 aromatic carbocycles. The van der Waals surface area contributed by atoms with E-state index in [1.54, 1.807) is 0 Å². The molecule has 0 aliphatic carbocycles. The zero-order valence-electron chi connectivity index (χ0n) is 5.69. The van der Waals surface area contributed by atoms with Crippen molar-refractivity contribution in [2.75, 3.05) is 5.32 Å². The molecule has 0 aromatic heterocycles. The summed E-state index contributed by atoms with van der Waals surface area (Å²) < 4.78 is 1.17. The van der Waals surface area contributed by atoms with E-state index in [1.807, 2.05) is 0 Å². The van der Waals surface area contributed by atoms with Crippen LogP contribution in [-0.4, -0.2) is 0 Å². The molecule has 1 N–H and O–H groups in total. The maximum Gasteiger partial charge on any atom is 0.0506 e. The van der Waals surface area contributed by atoms with Gasteiger partial charge in [0.15, 0.2) is 0 Å².